The fourth-order valence-corrected chi connectivity index (χ4v) is 8.09. The predicted molar refractivity (Wildman–Crippen MR) is 201 cm³/mol. The molecule has 4 aliphatic rings. The molecule has 2 saturated heterocycles. The van der Waals surface area contributed by atoms with Crippen molar-refractivity contribution in [2.75, 3.05) is 73.6 Å². The molecule has 0 bridgehead atoms. The molecule has 4 aromatic heterocycles. The number of nitrogens with zero attached hydrogens (tertiary/aromatic N) is 12. The van der Waals surface area contributed by atoms with Crippen LogP contribution < -0.4 is 40.1 Å². The molecule has 58 heavy (non-hydrogen) atoms. The quantitative estimate of drug-likeness (QED) is 0.245. The molecule has 300 valence electrons. The van der Waals surface area contributed by atoms with Crippen LogP contribution in [0.4, 0.5) is 20.2 Å². The van der Waals surface area contributed by atoms with Crippen molar-refractivity contribution in [3.05, 3.63) is 93.0 Å². The van der Waals surface area contributed by atoms with Crippen molar-refractivity contribution in [1.82, 2.24) is 38.9 Å². The van der Waals surface area contributed by atoms with Gasteiger partial charge in [-0.3, -0.25) is 29.0 Å². The minimum absolute atomic E-state index is 0.0257. The molecular weight excluding hydrogens is 766 g/mol. The highest BCUT2D eigenvalue weighted by Gasteiger charge is 2.35. The molecule has 6 aromatic rings. The van der Waals surface area contributed by atoms with Crippen LogP contribution in [0, 0.1) is 11.6 Å². The van der Waals surface area contributed by atoms with Gasteiger partial charge in [-0.05, 0) is 25.0 Å². The lowest BCUT2D eigenvalue weighted by molar-refractivity contribution is 0.0683. The van der Waals surface area contributed by atoms with E-state index in [0.29, 0.717) is 37.2 Å². The Morgan fingerprint density at radius 3 is 1.69 bits per heavy atom. The summed E-state index contributed by atoms with van der Waals surface area (Å²) in [6.45, 7) is 2.38. The lowest BCUT2D eigenvalue weighted by Gasteiger charge is -2.33. The van der Waals surface area contributed by atoms with E-state index in [9.17, 15) is 29.4 Å². The van der Waals surface area contributed by atoms with Gasteiger partial charge in [0.05, 0.1) is 22.9 Å². The predicted octanol–water partition coefficient (Wildman–Crippen LogP) is 1.60. The molecule has 4 aliphatic heterocycles. The first-order valence-corrected chi connectivity index (χ1v) is 18.1. The third-order valence-corrected chi connectivity index (χ3v) is 10.9. The Bertz CT molecular complexity index is 2570. The molecule has 22 heteroatoms. The van der Waals surface area contributed by atoms with Gasteiger partial charge < -0.3 is 34.1 Å². The molecule has 2 aromatic carbocycles. The molecule has 2 N–H and O–H groups in total. The SMILES string of the molecule is CN1COc2c(N3CCC(n4cncn4)C3)c(F)cc3c(=O)c(C(=O)O)cn1c23.CN1COc2c(N3CCC(n4cnnc4)C3)c(F)cc3c(=O)c(C(=O)O)cn1c23. The van der Waals surface area contributed by atoms with Crippen LogP contribution in [0.25, 0.3) is 21.8 Å². The van der Waals surface area contributed by atoms with Gasteiger partial charge in [0.15, 0.2) is 36.6 Å². The minimum Gasteiger partial charge on any atom is -0.477 e. The van der Waals surface area contributed by atoms with Gasteiger partial charge in [-0.15, -0.1) is 10.2 Å². The van der Waals surface area contributed by atoms with Gasteiger partial charge >= 0.3 is 11.9 Å². The second-order valence-corrected chi connectivity index (χ2v) is 14.3. The number of ether oxygens (including phenoxy) is 2. The molecule has 0 radical (unpaired) electrons. The summed E-state index contributed by atoms with van der Waals surface area (Å²) in [6, 6.07) is 2.34. The van der Waals surface area contributed by atoms with Crippen LogP contribution >= 0.6 is 0 Å². The molecule has 0 aliphatic carbocycles. The van der Waals surface area contributed by atoms with Crippen molar-refractivity contribution in [1.29, 1.82) is 0 Å². The Morgan fingerprint density at radius 1 is 0.741 bits per heavy atom. The molecule has 0 spiro atoms. The maximum Gasteiger partial charge on any atom is 0.341 e. The number of aromatic nitrogens is 8. The number of rotatable bonds is 6. The van der Waals surface area contributed by atoms with Crippen molar-refractivity contribution >= 4 is 45.1 Å². The van der Waals surface area contributed by atoms with E-state index in [0.717, 1.165) is 25.0 Å². The maximum atomic E-state index is 15.2. The van der Waals surface area contributed by atoms with Crippen LogP contribution in [0.15, 0.2) is 59.4 Å². The minimum atomic E-state index is -1.36. The van der Waals surface area contributed by atoms with Crippen molar-refractivity contribution in [3.63, 3.8) is 0 Å². The van der Waals surface area contributed by atoms with Crippen LogP contribution in [0.2, 0.25) is 0 Å². The molecule has 2 atom stereocenters. The van der Waals surface area contributed by atoms with Crippen molar-refractivity contribution in [2.24, 2.45) is 0 Å². The fraction of sp³-hybridized carbons (Fsp3) is 0.333. The van der Waals surface area contributed by atoms with Crippen LogP contribution in [0.3, 0.4) is 0 Å². The largest absolute Gasteiger partial charge is 0.477 e. The van der Waals surface area contributed by atoms with Gasteiger partial charge in [0.1, 0.15) is 58.8 Å². The number of anilines is 2. The molecule has 10 rings (SSSR count). The smallest absolute Gasteiger partial charge is 0.341 e. The van der Waals surface area contributed by atoms with E-state index < -0.39 is 45.6 Å². The summed E-state index contributed by atoms with van der Waals surface area (Å²) in [5, 5.41) is 33.7. The average Bonchev–Trinajstić information content (AvgIpc) is 4.04. The molecule has 8 heterocycles. The van der Waals surface area contributed by atoms with E-state index in [1.54, 1.807) is 47.8 Å². The molecule has 0 saturated carbocycles. The highest BCUT2D eigenvalue weighted by atomic mass is 19.1. The highest BCUT2D eigenvalue weighted by Crippen LogP contribution is 2.44. The number of hydrogen-bond donors (Lipinski definition) is 2. The molecule has 2 fully saturated rings. The van der Waals surface area contributed by atoms with Gasteiger partial charge in [-0.1, -0.05) is 0 Å². The van der Waals surface area contributed by atoms with Gasteiger partial charge in [0.25, 0.3) is 0 Å². The number of hydrogen-bond acceptors (Lipinski definition) is 14. The van der Waals surface area contributed by atoms with Crippen molar-refractivity contribution in [3.8, 4) is 11.5 Å². The summed E-state index contributed by atoms with van der Waals surface area (Å²) in [4.78, 5) is 55.9. The average molecular weight is 801 g/mol. The van der Waals surface area contributed by atoms with Gasteiger partial charge in [0.2, 0.25) is 10.9 Å². The van der Waals surface area contributed by atoms with Crippen molar-refractivity contribution in [2.45, 2.75) is 24.9 Å². The topological polar surface area (TPSA) is 211 Å². The summed E-state index contributed by atoms with van der Waals surface area (Å²) >= 11 is 0. The van der Waals surface area contributed by atoms with Crippen LogP contribution in [-0.2, 0) is 0 Å². The van der Waals surface area contributed by atoms with Crippen molar-refractivity contribution < 1.29 is 38.1 Å². The summed E-state index contributed by atoms with van der Waals surface area (Å²) < 4.78 is 48.7. The molecular formula is C36H34F2N12O8. The highest BCUT2D eigenvalue weighted by molar-refractivity contribution is 5.98. The number of carboxylic acids is 2. The van der Waals surface area contributed by atoms with E-state index >= 15 is 8.78 Å². The zero-order chi connectivity index (χ0) is 40.6. The first-order chi connectivity index (χ1) is 27.9. The second kappa shape index (κ2) is 13.7. The Kier molecular flexibility index (Phi) is 8.62. The van der Waals surface area contributed by atoms with Crippen LogP contribution in [-0.4, -0.2) is 115 Å². The van der Waals surface area contributed by atoms with E-state index in [2.05, 4.69) is 20.3 Å². The zero-order valence-corrected chi connectivity index (χ0v) is 30.9. The summed E-state index contributed by atoms with van der Waals surface area (Å²) in [6.07, 6.45) is 10.4. The van der Waals surface area contributed by atoms with E-state index in [1.165, 1.54) is 28.1 Å². The normalized spacial score (nSPS) is 18.3. The molecule has 0 amide bonds. The fourth-order valence-electron chi connectivity index (χ4n) is 8.09. The number of aromatic carboxylic acids is 2. The Morgan fingerprint density at radius 2 is 1.22 bits per heavy atom. The third-order valence-electron chi connectivity index (χ3n) is 10.9. The maximum absolute atomic E-state index is 15.2. The lowest BCUT2D eigenvalue weighted by Crippen LogP contribution is -2.40. The third kappa shape index (κ3) is 5.77. The van der Waals surface area contributed by atoms with Gasteiger partial charge in [-0.25, -0.2) is 28.0 Å². The van der Waals surface area contributed by atoms with Crippen LogP contribution in [0.5, 0.6) is 11.5 Å². The lowest BCUT2D eigenvalue weighted by atomic mass is 10.1. The number of pyridine rings is 2. The Balaban J connectivity index is 0.000000150. The molecule has 20 nitrogen and oxygen atoms in total. The number of benzene rings is 2. The first-order valence-electron chi connectivity index (χ1n) is 18.1. The summed E-state index contributed by atoms with van der Waals surface area (Å²) in [5.41, 5.74) is -1.06. The number of carboxylic acid groups (broad SMARTS) is 2. The monoisotopic (exact) mass is 800 g/mol. The second-order valence-electron chi connectivity index (χ2n) is 14.3. The number of halogens is 2. The van der Waals surface area contributed by atoms with Gasteiger partial charge in [-0.2, -0.15) is 5.10 Å². The standard InChI is InChI=1S/2C18H17FN6O4/c1-22-9-29-17-14-11(16(26)12(18(27)28)6-25(14)22)4-13(19)15(17)23-3-2-10(5-23)24-7-20-21-8-24;1-22-9-29-17-14-11(16(26)12(18(27)28)6-25(14)22)4-13(19)15(17)23-3-2-10(5-23)24-8-20-7-21-24/h2*4,6-8,10H,2-3,5,9H2,1H3,(H,27,28). The van der Waals surface area contributed by atoms with E-state index in [4.69, 9.17) is 9.47 Å². The van der Waals surface area contributed by atoms with E-state index in [-0.39, 0.29) is 59.2 Å². The molecule has 2 unspecified atom stereocenters. The Labute approximate surface area is 324 Å². The summed E-state index contributed by atoms with van der Waals surface area (Å²) in [5.74, 6) is -3.47. The zero-order valence-electron chi connectivity index (χ0n) is 30.9. The Hall–Kier alpha value is -7.26. The van der Waals surface area contributed by atoms with Crippen LogP contribution in [0.1, 0.15) is 45.6 Å². The number of carbonyl (C=O) groups is 2. The van der Waals surface area contributed by atoms with Gasteiger partial charge in [0, 0.05) is 52.7 Å². The summed E-state index contributed by atoms with van der Waals surface area (Å²) in [7, 11) is 3.39. The first kappa shape index (κ1) is 36.4. The van der Waals surface area contributed by atoms with E-state index in [1.807, 2.05) is 14.4 Å².